The van der Waals surface area contributed by atoms with Crippen LogP contribution in [-0.2, 0) is 4.43 Å². The Morgan fingerprint density at radius 2 is 1.19 bits per heavy atom. The molecule has 0 saturated heterocycles. The Bertz CT molecular complexity index is 184. The topological polar surface area (TPSA) is 29.5 Å². The fourth-order valence-corrected chi connectivity index (χ4v) is 4.49. The van der Waals surface area contributed by atoms with Gasteiger partial charge in [0.05, 0.1) is 8.80 Å². The maximum absolute atomic E-state index is 8.66. The molecular formula is C11H32O2Si3. The van der Waals surface area contributed by atoms with Gasteiger partial charge in [0.2, 0.25) is 0 Å². The van der Waals surface area contributed by atoms with Crippen molar-refractivity contribution in [1.29, 1.82) is 0 Å². The summed E-state index contributed by atoms with van der Waals surface area (Å²) in [5, 5.41) is 0.185. The van der Waals surface area contributed by atoms with Crippen molar-refractivity contribution in [2.45, 2.75) is 71.4 Å². The Kier molecular flexibility index (Phi) is 7.67. The highest BCUT2D eigenvalue weighted by Gasteiger charge is 2.30. The van der Waals surface area contributed by atoms with Crippen LogP contribution in [0.25, 0.3) is 0 Å². The van der Waals surface area contributed by atoms with Gasteiger partial charge in [-0.15, -0.1) is 0 Å². The molecule has 0 bridgehead atoms. The molecule has 0 unspecified atom stereocenters. The van der Waals surface area contributed by atoms with Gasteiger partial charge >= 0.3 is 0 Å². The van der Waals surface area contributed by atoms with Crippen molar-refractivity contribution in [3.05, 3.63) is 0 Å². The highest BCUT2D eigenvalue weighted by molar-refractivity contribution is 6.71. The fourth-order valence-electron chi connectivity index (χ4n) is 0.907. The third kappa shape index (κ3) is 17.0. The molecule has 0 aliphatic heterocycles. The molecular weight excluding hydrogens is 248 g/mol. The van der Waals surface area contributed by atoms with Gasteiger partial charge in [0, 0.05) is 5.22 Å². The zero-order valence-corrected chi connectivity index (χ0v) is 16.1. The molecule has 0 aromatic heterocycles. The first-order valence-electron chi connectivity index (χ1n) is 6.08. The summed E-state index contributed by atoms with van der Waals surface area (Å²) in [5.74, 6) is 0. The quantitative estimate of drug-likeness (QED) is 0.802. The Morgan fingerprint density at radius 1 is 0.938 bits per heavy atom. The van der Waals surface area contributed by atoms with E-state index in [1.165, 1.54) is 0 Å². The maximum atomic E-state index is 8.66. The lowest BCUT2D eigenvalue weighted by molar-refractivity contribution is 0.182. The average molecular weight is 281 g/mol. The first-order valence-corrected chi connectivity index (χ1v) is 15.8. The lowest BCUT2D eigenvalue weighted by atomic mass is 10.5. The van der Waals surface area contributed by atoms with E-state index in [-0.39, 0.29) is 5.22 Å². The van der Waals surface area contributed by atoms with Crippen molar-refractivity contribution in [2.24, 2.45) is 0 Å². The lowest BCUT2D eigenvalue weighted by Crippen LogP contribution is -2.46. The zero-order valence-electron chi connectivity index (χ0n) is 12.9. The summed E-state index contributed by atoms with van der Waals surface area (Å²) in [6.45, 7) is 21.6. The number of rotatable bonds is 3. The van der Waals surface area contributed by atoms with Gasteiger partial charge in [-0.05, 0) is 53.1 Å². The normalized spacial score (nSPS) is 13.5. The van der Waals surface area contributed by atoms with Gasteiger partial charge in [-0.2, -0.15) is 0 Å². The van der Waals surface area contributed by atoms with Crippen LogP contribution in [0.5, 0.6) is 0 Å². The largest absolute Gasteiger partial charge is 0.433 e. The molecule has 5 heteroatoms. The van der Waals surface area contributed by atoms with Crippen LogP contribution in [0.1, 0.15) is 13.8 Å². The predicted octanol–water partition coefficient (Wildman–Crippen LogP) is 3.46. The van der Waals surface area contributed by atoms with Gasteiger partial charge in [-0.3, -0.25) is 0 Å². The molecule has 100 valence electrons. The molecule has 0 rings (SSSR count). The Morgan fingerprint density at radius 3 is 1.25 bits per heavy atom. The first-order chi connectivity index (χ1) is 6.65. The van der Waals surface area contributed by atoms with Crippen LogP contribution in [0.2, 0.25) is 52.4 Å². The van der Waals surface area contributed by atoms with Gasteiger partial charge in [-0.25, -0.2) is 0 Å². The summed E-state index contributed by atoms with van der Waals surface area (Å²) in [6, 6.07) is 0. The molecule has 0 aromatic carbocycles. The van der Waals surface area contributed by atoms with Crippen molar-refractivity contribution < 1.29 is 9.22 Å². The van der Waals surface area contributed by atoms with Crippen molar-refractivity contribution >= 4 is 25.4 Å². The van der Waals surface area contributed by atoms with E-state index in [4.69, 9.17) is 9.22 Å². The molecule has 0 aromatic rings. The Hall–Kier alpha value is 0.571. The van der Waals surface area contributed by atoms with Gasteiger partial charge < -0.3 is 9.22 Å². The van der Waals surface area contributed by atoms with Crippen molar-refractivity contribution in [2.75, 3.05) is 0 Å². The average Bonchev–Trinajstić information content (AvgIpc) is 1.75. The maximum Gasteiger partial charge on any atom is 0.184 e. The number of hydrogen-bond acceptors (Lipinski definition) is 2. The van der Waals surface area contributed by atoms with Crippen molar-refractivity contribution in [3.8, 4) is 0 Å². The first kappa shape index (κ1) is 18.9. The molecule has 0 saturated carbocycles. The van der Waals surface area contributed by atoms with Crippen LogP contribution in [-0.4, -0.2) is 35.5 Å². The summed E-state index contributed by atoms with van der Waals surface area (Å²) < 4.78 is 6.09. The van der Waals surface area contributed by atoms with Gasteiger partial charge in [0.25, 0.3) is 0 Å². The van der Waals surface area contributed by atoms with E-state index in [9.17, 15) is 0 Å². The molecule has 2 nitrogen and oxygen atoms in total. The summed E-state index contributed by atoms with van der Waals surface area (Å²) in [5.41, 5.74) is 0. The Labute approximate surface area is 106 Å². The highest BCUT2D eigenvalue weighted by atomic mass is 28.4. The molecule has 0 spiro atoms. The SMILES string of the molecule is C[SiH](C)C(C)(C)O[Si](C)(C)C.C[Si](C)(C)O. The summed E-state index contributed by atoms with van der Waals surface area (Å²) in [4.78, 5) is 8.66. The zero-order chi connectivity index (χ0) is 13.8. The second-order valence-electron chi connectivity index (χ2n) is 7.14. The predicted molar refractivity (Wildman–Crippen MR) is 83.0 cm³/mol. The molecule has 0 fully saturated rings. The van der Waals surface area contributed by atoms with E-state index in [1.807, 2.05) is 19.6 Å². The van der Waals surface area contributed by atoms with Crippen LogP contribution in [0.4, 0.5) is 0 Å². The van der Waals surface area contributed by atoms with Gasteiger partial charge in [0.15, 0.2) is 16.6 Å². The molecule has 1 N–H and O–H groups in total. The molecule has 0 radical (unpaired) electrons. The van der Waals surface area contributed by atoms with Crippen molar-refractivity contribution in [3.63, 3.8) is 0 Å². The summed E-state index contributed by atoms with van der Waals surface area (Å²) >= 11 is 0. The van der Waals surface area contributed by atoms with E-state index in [2.05, 4.69) is 46.6 Å². The molecule has 0 aliphatic rings. The van der Waals surface area contributed by atoms with Crippen LogP contribution in [0.15, 0.2) is 0 Å². The second kappa shape index (κ2) is 6.49. The fraction of sp³-hybridized carbons (Fsp3) is 1.00. The van der Waals surface area contributed by atoms with Crippen molar-refractivity contribution in [1.82, 2.24) is 0 Å². The van der Waals surface area contributed by atoms with Gasteiger partial charge in [0.1, 0.15) is 0 Å². The van der Waals surface area contributed by atoms with Crippen LogP contribution in [0.3, 0.4) is 0 Å². The summed E-state index contributed by atoms with van der Waals surface area (Å²) in [6.07, 6.45) is 0. The van der Waals surface area contributed by atoms with Crippen LogP contribution >= 0.6 is 0 Å². The Balaban J connectivity index is 0. The lowest BCUT2D eigenvalue weighted by Gasteiger charge is -2.35. The van der Waals surface area contributed by atoms with E-state index in [0.717, 1.165) is 0 Å². The molecule has 0 heterocycles. The minimum absolute atomic E-state index is 0.185. The minimum atomic E-state index is -1.61. The third-order valence-electron chi connectivity index (χ3n) is 1.96. The van der Waals surface area contributed by atoms with Crippen LogP contribution < -0.4 is 0 Å². The monoisotopic (exact) mass is 280 g/mol. The smallest absolute Gasteiger partial charge is 0.184 e. The van der Waals surface area contributed by atoms with E-state index in [0.29, 0.717) is 0 Å². The number of hydrogen-bond donors (Lipinski definition) is 1. The van der Waals surface area contributed by atoms with E-state index < -0.39 is 25.4 Å². The minimum Gasteiger partial charge on any atom is -0.433 e. The van der Waals surface area contributed by atoms with Crippen LogP contribution in [0, 0.1) is 0 Å². The molecule has 0 aliphatic carbocycles. The molecule has 16 heavy (non-hydrogen) atoms. The molecule has 0 atom stereocenters. The molecule has 0 amide bonds. The second-order valence-corrected chi connectivity index (χ2v) is 19.6. The third-order valence-corrected chi connectivity index (χ3v) is 6.23. The highest BCUT2D eigenvalue weighted by Crippen LogP contribution is 2.19. The standard InChI is InChI=1S/C8H22OSi2.C3H10OSi/c1-8(2,10(3)4)9-11(5,6)7;1-5(2,3)4/h10H,1-7H3;4H,1-3H3. The van der Waals surface area contributed by atoms with E-state index in [1.54, 1.807) is 0 Å². The summed E-state index contributed by atoms with van der Waals surface area (Å²) in [7, 11) is -3.60. The van der Waals surface area contributed by atoms with Gasteiger partial charge in [-0.1, -0.05) is 13.1 Å². The van der Waals surface area contributed by atoms with E-state index >= 15 is 0 Å².